The average molecular weight is 723 g/mol. The van der Waals surface area contributed by atoms with Gasteiger partial charge in [-0.3, -0.25) is 9.78 Å². The summed E-state index contributed by atoms with van der Waals surface area (Å²) in [6, 6.07) is 28.9. The van der Waals surface area contributed by atoms with Crippen LogP contribution in [0.2, 0.25) is 5.02 Å². The van der Waals surface area contributed by atoms with Gasteiger partial charge in [0.25, 0.3) is 0 Å². The number of anilines is 2. The molecule has 1 aliphatic carbocycles. The average Bonchev–Trinajstić information content (AvgIpc) is 3.17. The number of carbonyl (C=O) groups is 2. The van der Waals surface area contributed by atoms with Crippen LogP contribution in [-0.4, -0.2) is 37.2 Å². The predicted octanol–water partition coefficient (Wildman–Crippen LogP) is 8.64. The van der Waals surface area contributed by atoms with Crippen molar-refractivity contribution in [1.29, 1.82) is 0 Å². The fraction of sp³-hybridized carbons (Fsp3) is 0.0488. The summed E-state index contributed by atoms with van der Waals surface area (Å²) in [6.45, 7) is -0.0516. The highest BCUT2D eigenvalue weighted by Gasteiger charge is 2.28. The number of aromatic hydroxyl groups is 1. The molecule has 0 saturated carbocycles. The molecule has 1 aliphatic heterocycles. The number of para-hydroxylation sites is 2. The summed E-state index contributed by atoms with van der Waals surface area (Å²) in [7, 11) is 0. The van der Waals surface area contributed by atoms with Gasteiger partial charge in [-0.1, -0.05) is 66.2 Å². The number of halogens is 1. The molecule has 0 radical (unpaired) electrons. The number of pyridine rings is 2. The highest BCUT2D eigenvalue weighted by molar-refractivity contribution is 6.31. The van der Waals surface area contributed by atoms with E-state index >= 15 is 0 Å². The Bertz CT molecular complexity index is 2810. The standard InChI is InChI=1S/C41H27ClN4O7/c42-29-18-26-34(23-9-1-2-10-24(23)40(49)50)25-14-16-33(47)27(19-44-30-11-3-6-21-8-5-17-43-35(21)30)38(25)53-39(26)28(37(29)48)20-45-31-12-4-7-22-13-15-32(41(51)52)46-36(22)31/h1-18,44-45,47H,19-20H2,(H,49,50)(H,51,52). The Balaban J connectivity index is 1.34. The molecule has 2 aliphatic rings. The van der Waals surface area contributed by atoms with Gasteiger partial charge < -0.3 is 30.4 Å². The smallest absolute Gasteiger partial charge is 0.354 e. The van der Waals surface area contributed by atoms with Crippen molar-refractivity contribution in [3.8, 4) is 28.2 Å². The van der Waals surface area contributed by atoms with Gasteiger partial charge in [0.05, 0.1) is 44.1 Å². The first-order valence-corrected chi connectivity index (χ1v) is 16.8. The van der Waals surface area contributed by atoms with Crippen molar-refractivity contribution in [1.82, 2.24) is 9.97 Å². The second-order valence-corrected chi connectivity index (χ2v) is 12.7. The van der Waals surface area contributed by atoms with Crippen molar-refractivity contribution in [2.45, 2.75) is 13.1 Å². The molecule has 0 atom stereocenters. The van der Waals surface area contributed by atoms with E-state index < -0.39 is 17.4 Å². The molecule has 12 heteroatoms. The van der Waals surface area contributed by atoms with E-state index in [1.165, 1.54) is 24.3 Å². The van der Waals surface area contributed by atoms with Gasteiger partial charge in [-0.25, -0.2) is 14.6 Å². The van der Waals surface area contributed by atoms with Crippen LogP contribution in [0.15, 0.2) is 119 Å². The number of phenolic OH excluding ortho intramolecular Hbond substituents is 1. The first-order valence-electron chi connectivity index (χ1n) is 16.4. The van der Waals surface area contributed by atoms with Crippen molar-refractivity contribution < 1.29 is 29.3 Å². The maximum absolute atomic E-state index is 13.9. The van der Waals surface area contributed by atoms with Crippen LogP contribution in [0.3, 0.4) is 0 Å². The van der Waals surface area contributed by atoms with Crippen LogP contribution >= 0.6 is 11.6 Å². The van der Waals surface area contributed by atoms with Crippen LogP contribution in [0.4, 0.5) is 11.4 Å². The normalized spacial score (nSPS) is 11.3. The number of aromatic carboxylic acids is 2. The van der Waals surface area contributed by atoms with E-state index in [2.05, 4.69) is 20.6 Å². The molecule has 6 aromatic rings. The minimum Gasteiger partial charge on any atom is -0.507 e. The van der Waals surface area contributed by atoms with Gasteiger partial charge in [-0.2, -0.15) is 0 Å². The number of nitrogens with one attached hydrogen (secondary N) is 2. The van der Waals surface area contributed by atoms with Gasteiger partial charge in [0.2, 0.25) is 5.43 Å². The molecule has 11 nitrogen and oxygen atoms in total. The SMILES string of the molecule is O=C(O)c1ccc2cccc(NCc3c4oc5c(CNc6cccc7cccnc67)c(O)ccc5c(-c5ccccc5C(=O)O)c-4cc(Cl)c3=O)c2n1. The topological polar surface area (TPSA) is 175 Å². The maximum Gasteiger partial charge on any atom is 0.354 e. The van der Waals surface area contributed by atoms with Gasteiger partial charge in [0.15, 0.2) is 0 Å². The summed E-state index contributed by atoms with van der Waals surface area (Å²) in [5.74, 6) is -2.32. The molecule has 260 valence electrons. The first kappa shape index (κ1) is 33.2. The monoisotopic (exact) mass is 722 g/mol. The number of fused-ring (bicyclic) bond motifs is 4. The number of hydrogen-bond donors (Lipinski definition) is 5. The van der Waals surface area contributed by atoms with Gasteiger partial charge in [0, 0.05) is 46.6 Å². The summed E-state index contributed by atoms with van der Waals surface area (Å²) in [5, 5.41) is 39.7. The van der Waals surface area contributed by atoms with Crippen molar-refractivity contribution in [3.63, 3.8) is 0 Å². The number of phenols is 1. The molecule has 0 unspecified atom stereocenters. The number of carboxylic acid groups (broad SMARTS) is 2. The number of carboxylic acids is 2. The molecule has 0 spiro atoms. The Kier molecular flexibility index (Phi) is 8.32. The van der Waals surface area contributed by atoms with Crippen LogP contribution in [0, 0.1) is 0 Å². The van der Waals surface area contributed by atoms with E-state index in [0.29, 0.717) is 49.9 Å². The summed E-state index contributed by atoms with van der Waals surface area (Å²) in [5.41, 5.74) is 3.46. The van der Waals surface area contributed by atoms with E-state index in [1.54, 1.807) is 54.7 Å². The third kappa shape index (κ3) is 5.88. The highest BCUT2D eigenvalue weighted by Crippen LogP contribution is 2.45. The Morgan fingerprint density at radius 3 is 2.19 bits per heavy atom. The lowest BCUT2D eigenvalue weighted by Crippen LogP contribution is -2.17. The Hall–Kier alpha value is -6.98. The van der Waals surface area contributed by atoms with Crippen molar-refractivity contribution >= 4 is 67.7 Å². The van der Waals surface area contributed by atoms with Crippen LogP contribution in [-0.2, 0) is 13.1 Å². The zero-order valence-corrected chi connectivity index (χ0v) is 28.3. The number of nitrogens with zero attached hydrogens (tertiary/aromatic N) is 2. The highest BCUT2D eigenvalue weighted by atomic mass is 35.5. The van der Waals surface area contributed by atoms with E-state index in [0.717, 1.165) is 10.9 Å². The van der Waals surface area contributed by atoms with E-state index in [4.69, 9.17) is 16.0 Å². The van der Waals surface area contributed by atoms with Crippen LogP contribution in [0.25, 0.3) is 55.2 Å². The summed E-state index contributed by atoms with van der Waals surface area (Å²) < 4.78 is 6.64. The quantitative estimate of drug-likeness (QED) is 0.0902. The molecule has 0 amide bonds. The minimum absolute atomic E-state index is 0.00828. The lowest BCUT2D eigenvalue weighted by Gasteiger charge is -2.21. The molecule has 8 rings (SSSR count). The zero-order valence-electron chi connectivity index (χ0n) is 27.6. The van der Waals surface area contributed by atoms with E-state index in [-0.39, 0.29) is 52.0 Å². The molecule has 4 aromatic carbocycles. The molecular weight excluding hydrogens is 696 g/mol. The van der Waals surface area contributed by atoms with Crippen molar-refractivity contribution in [2.24, 2.45) is 0 Å². The van der Waals surface area contributed by atoms with E-state index in [1.807, 2.05) is 30.3 Å². The predicted molar refractivity (Wildman–Crippen MR) is 203 cm³/mol. The third-order valence-corrected chi connectivity index (χ3v) is 9.45. The molecule has 0 fully saturated rings. The zero-order chi connectivity index (χ0) is 36.8. The molecule has 3 heterocycles. The summed E-state index contributed by atoms with van der Waals surface area (Å²) >= 11 is 6.63. The first-order chi connectivity index (χ1) is 25.7. The number of hydrogen-bond acceptors (Lipinski definition) is 9. The fourth-order valence-electron chi connectivity index (χ4n) is 6.68. The molecule has 0 saturated heterocycles. The molecule has 2 aromatic heterocycles. The van der Waals surface area contributed by atoms with Gasteiger partial charge in [-0.15, -0.1) is 0 Å². The van der Waals surface area contributed by atoms with Crippen molar-refractivity contribution in [2.75, 3.05) is 10.6 Å². The lowest BCUT2D eigenvalue weighted by molar-refractivity contribution is 0.0683. The molecule has 53 heavy (non-hydrogen) atoms. The fourth-order valence-corrected chi connectivity index (χ4v) is 6.90. The number of benzene rings is 5. The van der Waals surface area contributed by atoms with E-state index in [9.17, 15) is 29.7 Å². The Morgan fingerprint density at radius 2 is 1.43 bits per heavy atom. The second-order valence-electron chi connectivity index (χ2n) is 12.3. The number of aromatic nitrogens is 2. The largest absolute Gasteiger partial charge is 0.507 e. The van der Waals surface area contributed by atoms with Crippen LogP contribution in [0.1, 0.15) is 32.0 Å². The Labute approximate surface area is 305 Å². The van der Waals surface area contributed by atoms with Gasteiger partial charge in [0.1, 0.15) is 22.8 Å². The van der Waals surface area contributed by atoms with Crippen LogP contribution in [0.5, 0.6) is 5.75 Å². The molecular formula is C41H27ClN4O7. The summed E-state index contributed by atoms with van der Waals surface area (Å²) in [6.07, 6.45) is 1.69. The minimum atomic E-state index is -1.19. The third-order valence-electron chi connectivity index (χ3n) is 9.17. The van der Waals surface area contributed by atoms with Gasteiger partial charge in [-0.05, 0) is 54.1 Å². The number of rotatable bonds is 9. The second kappa shape index (κ2) is 13.3. The Morgan fingerprint density at radius 1 is 0.736 bits per heavy atom. The molecule has 0 bridgehead atoms. The van der Waals surface area contributed by atoms with Crippen LogP contribution < -0.4 is 16.1 Å². The lowest BCUT2D eigenvalue weighted by atomic mass is 9.88. The van der Waals surface area contributed by atoms with Gasteiger partial charge >= 0.3 is 11.9 Å². The van der Waals surface area contributed by atoms with Crippen molar-refractivity contribution in [3.05, 3.63) is 147 Å². The summed E-state index contributed by atoms with van der Waals surface area (Å²) in [4.78, 5) is 47.0. The molecule has 5 N–H and O–H groups in total. The maximum atomic E-state index is 13.9.